The first-order valence-corrected chi connectivity index (χ1v) is 17.0. The molecule has 1 aromatic rings. The smallest absolute Gasteiger partial charge is 0.441 e. The molecule has 0 aromatic heterocycles. The Bertz CT molecular complexity index is 960. The summed E-state index contributed by atoms with van der Waals surface area (Å²) in [7, 11) is 2.64. The summed E-state index contributed by atoms with van der Waals surface area (Å²) < 4.78 is 78.9. The second-order valence-corrected chi connectivity index (χ2v) is 11.9. The van der Waals surface area contributed by atoms with Crippen LogP contribution in [0.3, 0.4) is 0 Å². The molecule has 0 radical (unpaired) electrons. The van der Waals surface area contributed by atoms with Crippen molar-refractivity contribution in [1.29, 1.82) is 0 Å². The van der Waals surface area contributed by atoms with Crippen LogP contribution in [0.25, 0.3) is 10.4 Å². The van der Waals surface area contributed by atoms with Gasteiger partial charge in [0.2, 0.25) is 6.29 Å². The maximum atomic E-state index is 14.2. The molecule has 244 valence electrons. The van der Waals surface area contributed by atoms with Gasteiger partial charge in [-0.15, -0.1) is 0 Å². The predicted octanol–water partition coefficient (Wildman–Crippen LogP) is 8.20. The van der Waals surface area contributed by atoms with Crippen LogP contribution in [0.5, 0.6) is 0 Å². The molecule has 0 aliphatic carbocycles. The van der Waals surface area contributed by atoms with Crippen molar-refractivity contribution in [1.82, 2.24) is 0 Å². The van der Waals surface area contributed by atoms with Crippen LogP contribution >= 0.6 is 21.6 Å². The monoisotopic (exact) mass is 652 g/mol. The number of hydrogen-bond acceptors (Lipinski definition) is 10. The molecule has 15 heteroatoms. The summed E-state index contributed by atoms with van der Waals surface area (Å²) in [6.45, 7) is 7.09. The zero-order chi connectivity index (χ0) is 31.3. The van der Waals surface area contributed by atoms with E-state index < -0.39 is 42.8 Å². The maximum Gasteiger partial charge on any atom is 0.468 e. The van der Waals surface area contributed by atoms with Crippen LogP contribution in [-0.4, -0.2) is 81.0 Å². The third kappa shape index (κ3) is 14.3. The van der Waals surface area contributed by atoms with E-state index in [2.05, 4.69) is 15.0 Å². The van der Waals surface area contributed by atoms with Crippen molar-refractivity contribution in [2.24, 2.45) is 10.1 Å². The molecule has 0 N–H and O–H groups in total. The van der Waals surface area contributed by atoms with Gasteiger partial charge in [-0.25, -0.2) is 4.99 Å². The number of hydrogen-bond donors (Lipinski definition) is 0. The van der Waals surface area contributed by atoms with Crippen LogP contribution in [0.15, 0.2) is 40.4 Å². The van der Waals surface area contributed by atoms with Gasteiger partial charge in [0.25, 0.3) is 5.90 Å². The molecule has 0 saturated carbocycles. The topological polar surface area (TPSA) is 117 Å². The lowest BCUT2D eigenvalue weighted by Crippen LogP contribution is -2.62. The lowest BCUT2D eigenvalue weighted by molar-refractivity contribution is -0.310. The Morgan fingerprint density at radius 3 is 2.09 bits per heavy atom. The van der Waals surface area contributed by atoms with Crippen LogP contribution in [0.4, 0.5) is 18.9 Å². The summed E-state index contributed by atoms with van der Waals surface area (Å²) in [5.74, 6) is -0.997. The molecular weight excluding hydrogens is 609 g/mol. The Hall–Kier alpha value is -1.71. The van der Waals surface area contributed by atoms with Gasteiger partial charge in [0.05, 0.1) is 18.2 Å². The Balaban J connectivity index is 2.40. The van der Waals surface area contributed by atoms with Gasteiger partial charge in [0.15, 0.2) is 0 Å². The minimum atomic E-state index is -4.90. The van der Waals surface area contributed by atoms with Gasteiger partial charge in [0.1, 0.15) is 30.4 Å². The molecule has 5 atom stereocenters. The summed E-state index contributed by atoms with van der Waals surface area (Å²) in [4.78, 5) is 6.47. The zero-order valence-electron chi connectivity index (χ0n) is 24.9. The molecular formula is C28H43F3N4O6S2. The average molecular weight is 653 g/mol. The fraction of sp³-hybridized carbons (Fsp3) is 0.750. The minimum Gasteiger partial charge on any atom is -0.441 e. The molecule has 2 rings (SSSR count). The van der Waals surface area contributed by atoms with Crippen molar-refractivity contribution in [3.05, 3.63) is 40.8 Å². The standard InChI is InChI=1S/C28H43F3N4O6S2/c1-4-7-15-37-23-22(18-36-20-43-42-19-33-35-32)40-26(25(39-17-9-6-3)24(23)38-16-8-5-2)41-27(28(29,30)31)34-21-13-11-10-12-14-21/h10-14,22-26H,4-9,15-20H2,1-3H3/b34-27+/t22?,23-,24?,25-,26-/m0/s1. The van der Waals surface area contributed by atoms with E-state index in [0.717, 1.165) is 32.1 Å². The fourth-order valence-electron chi connectivity index (χ4n) is 3.97. The summed E-state index contributed by atoms with van der Waals surface area (Å²) in [6, 6.07) is 7.77. The number of unbranched alkanes of at least 4 members (excludes halogenated alkanes) is 3. The normalized spacial score (nSPS) is 22.7. The highest BCUT2D eigenvalue weighted by atomic mass is 33.1. The highest BCUT2D eigenvalue weighted by Crippen LogP contribution is 2.33. The predicted molar refractivity (Wildman–Crippen MR) is 163 cm³/mol. The van der Waals surface area contributed by atoms with Crippen molar-refractivity contribution in [2.45, 2.75) is 96.2 Å². The fourth-order valence-corrected chi connectivity index (χ4v) is 5.15. The van der Waals surface area contributed by atoms with Crippen LogP contribution < -0.4 is 0 Å². The molecule has 43 heavy (non-hydrogen) atoms. The van der Waals surface area contributed by atoms with E-state index in [1.165, 1.54) is 33.7 Å². The summed E-state index contributed by atoms with van der Waals surface area (Å²) in [6.07, 6.45) is -4.92. The largest absolute Gasteiger partial charge is 0.468 e. The van der Waals surface area contributed by atoms with E-state index in [1.54, 1.807) is 18.2 Å². The number of rotatable bonds is 21. The van der Waals surface area contributed by atoms with Gasteiger partial charge in [0, 0.05) is 24.7 Å². The number of halogens is 3. The Morgan fingerprint density at radius 2 is 1.51 bits per heavy atom. The van der Waals surface area contributed by atoms with Gasteiger partial charge in [-0.1, -0.05) is 84.9 Å². The van der Waals surface area contributed by atoms with Crippen LogP contribution in [0, 0.1) is 0 Å². The molecule has 1 heterocycles. The molecule has 1 aromatic carbocycles. The van der Waals surface area contributed by atoms with Gasteiger partial charge >= 0.3 is 6.18 Å². The van der Waals surface area contributed by atoms with Gasteiger partial charge in [-0.3, -0.25) is 0 Å². The molecule has 1 saturated heterocycles. The Labute approximate surface area is 259 Å². The van der Waals surface area contributed by atoms with Crippen LogP contribution in [0.2, 0.25) is 0 Å². The van der Waals surface area contributed by atoms with E-state index >= 15 is 0 Å². The number of para-hydroxylation sites is 1. The molecule has 1 aliphatic heterocycles. The van der Waals surface area contributed by atoms with Crippen LogP contribution in [0.1, 0.15) is 59.3 Å². The first-order valence-electron chi connectivity index (χ1n) is 14.6. The van der Waals surface area contributed by atoms with E-state index in [-0.39, 0.29) is 30.7 Å². The lowest BCUT2D eigenvalue weighted by atomic mass is 9.98. The molecule has 0 bridgehead atoms. The van der Waals surface area contributed by atoms with E-state index in [1.807, 2.05) is 20.8 Å². The maximum absolute atomic E-state index is 14.2. The summed E-state index contributed by atoms with van der Waals surface area (Å²) >= 11 is 0. The molecule has 1 fully saturated rings. The van der Waals surface area contributed by atoms with Crippen LogP contribution in [-0.2, 0) is 28.4 Å². The number of azide groups is 1. The molecule has 2 unspecified atom stereocenters. The van der Waals surface area contributed by atoms with Crippen molar-refractivity contribution < 1.29 is 41.6 Å². The third-order valence-electron chi connectivity index (χ3n) is 6.14. The molecule has 0 amide bonds. The lowest BCUT2D eigenvalue weighted by Gasteiger charge is -2.45. The van der Waals surface area contributed by atoms with Crippen molar-refractivity contribution in [3.8, 4) is 0 Å². The molecule has 0 spiro atoms. The second-order valence-electron chi connectivity index (χ2n) is 9.56. The number of nitrogens with zero attached hydrogens (tertiary/aromatic N) is 4. The van der Waals surface area contributed by atoms with Crippen molar-refractivity contribution in [2.75, 3.05) is 38.2 Å². The summed E-state index contributed by atoms with van der Waals surface area (Å²) in [5, 5.41) is 3.46. The van der Waals surface area contributed by atoms with Crippen molar-refractivity contribution >= 4 is 33.2 Å². The minimum absolute atomic E-state index is 0.00176. The van der Waals surface area contributed by atoms with Gasteiger partial charge in [-0.2, -0.15) is 13.2 Å². The second kappa shape index (κ2) is 21.9. The van der Waals surface area contributed by atoms with E-state index in [9.17, 15) is 13.2 Å². The quantitative estimate of drug-likeness (QED) is 0.0191. The van der Waals surface area contributed by atoms with Gasteiger partial charge in [-0.05, 0) is 36.9 Å². The number of alkyl halides is 3. The summed E-state index contributed by atoms with van der Waals surface area (Å²) in [5.41, 5.74) is 8.51. The molecule has 10 nitrogen and oxygen atoms in total. The SMILES string of the molecule is CCCCOC1[C@@H](OCCCC)C(COCSSCN=[N+]=[N-])O[C@@H](O/C(=N/c2ccccc2)C(F)(F)F)[C@H]1OCCCC. The average Bonchev–Trinajstić information content (AvgIpc) is 2.98. The number of benzene rings is 1. The van der Waals surface area contributed by atoms with E-state index in [4.69, 9.17) is 34.0 Å². The first-order chi connectivity index (χ1) is 20.8. The van der Waals surface area contributed by atoms with Crippen molar-refractivity contribution in [3.63, 3.8) is 0 Å². The van der Waals surface area contributed by atoms with E-state index in [0.29, 0.717) is 19.6 Å². The number of ether oxygens (including phenoxy) is 6. The Morgan fingerprint density at radius 1 is 0.907 bits per heavy atom. The zero-order valence-corrected chi connectivity index (χ0v) is 26.6. The Kier molecular flexibility index (Phi) is 19.1. The highest BCUT2D eigenvalue weighted by Gasteiger charge is 2.52. The first kappa shape index (κ1) is 37.5. The third-order valence-corrected chi connectivity index (χ3v) is 7.90. The number of aliphatic imine (C=N–C) groups is 1. The molecule has 1 aliphatic rings. The highest BCUT2D eigenvalue weighted by molar-refractivity contribution is 8.76. The van der Waals surface area contributed by atoms with Gasteiger partial charge < -0.3 is 28.4 Å².